The van der Waals surface area contributed by atoms with Crippen molar-refractivity contribution in [2.45, 2.75) is 13.1 Å². The van der Waals surface area contributed by atoms with Crippen molar-refractivity contribution in [1.29, 1.82) is 0 Å². The van der Waals surface area contributed by atoms with Crippen LogP contribution in [0.2, 0.25) is 0 Å². The molecule has 2 rings (SSSR count). The van der Waals surface area contributed by atoms with Gasteiger partial charge >= 0.3 is 0 Å². The third-order valence-electron chi connectivity index (χ3n) is 2.82. The second kappa shape index (κ2) is 7.19. The van der Waals surface area contributed by atoms with Gasteiger partial charge in [-0.2, -0.15) is 0 Å². The molecular weight excluding hydrogens is 338 g/mol. The van der Waals surface area contributed by atoms with Crippen molar-refractivity contribution < 1.29 is 9.53 Å². The SMILES string of the molecule is COc1ccc(Br)c(Cn2cc(CNC(=O)CN)nn2)c1. The molecule has 1 heterocycles. The van der Waals surface area contributed by atoms with E-state index in [9.17, 15) is 4.79 Å². The van der Waals surface area contributed by atoms with Crippen molar-refractivity contribution in [3.8, 4) is 5.75 Å². The van der Waals surface area contributed by atoms with Gasteiger partial charge in [0.15, 0.2) is 0 Å². The van der Waals surface area contributed by atoms with E-state index in [1.807, 2.05) is 18.2 Å². The molecule has 1 amide bonds. The summed E-state index contributed by atoms with van der Waals surface area (Å²) in [7, 11) is 1.63. The van der Waals surface area contributed by atoms with Crippen molar-refractivity contribution in [2.75, 3.05) is 13.7 Å². The van der Waals surface area contributed by atoms with Gasteiger partial charge in [-0.3, -0.25) is 4.79 Å². The van der Waals surface area contributed by atoms with Crippen LogP contribution >= 0.6 is 15.9 Å². The molecule has 0 saturated heterocycles. The van der Waals surface area contributed by atoms with Crippen LogP contribution in [0.4, 0.5) is 0 Å². The van der Waals surface area contributed by atoms with Crippen LogP contribution in [-0.4, -0.2) is 34.6 Å². The van der Waals surface area contributed by atoms with Gasteiger partial charge < -0.3 is 15.8 Å². The number of halogens is 1. The van der Waals surface area contributed by atoms with Crippen LogP contribution in [-0.2, 0) is 17.9 Å². The molecule has 3 N–H and O–H groups in total. The molecule has 0 aliphatic carbocycles. The van der Waals surface area contributed by atoms with Crippen molar-refractivity contribution in [3.05, 3.63) is 40.1 Å². The Morgan fingerprint density at radius 1 is 1.52 bits per heavy atom. The molecule has 1 aromatic carbocycles. The number of nitrogens with one attached hydrogen (secondary N) is 1. The molecule has 0 fully saturated rings. The highest BCUT2D eigenvalue weighted by molar-refractivity contribution is 9.10. The van der Waals surface area contributed by atoms with Crippen LogP contribution in [0.25, 0.3) is 0 Å². The monoisotopic (exact) mass is 353 g/mol. The molecule has 21 heavy (non-hydrogen) atoms. The van der Waals surface area contributed by atoms with Gasteiger partial charge in [0.1, 0.15) is 11.4 Å². The molecule has 7 nitrogen and oxygen atoms in total. The number of nitrogens with two attached hydrogens (primary N) is 1. The smallest absolute Gasteiger partial charge is 0.234 e. The zero-order valence-electron chi connectivity index (χ0n) is 11.5. The summed E-state index contributed by atoms with van der Waals surface area (Å²) >= 11 is 3.50. The second-order valence-corrected chi connectivity index (χ2v) is 5.20. The molecule has 0 spiro atoms. The predicted octanol–water partition coefficient (Wildman–Crippen LogP) is 0.672. The summed E-state index contributed by atoms with van der Waals surface area (Å²) < 4.78 is 7.87. The van der Waals surface area contributed by atoms with E-state index in [1.54, 1.807) is 18.0 Å². The first kappa shape index (κ1) is 15.5. The number of hydrogen-bond acceptors (Lipinski definition) is 5. The number of benzene rings is 1. The normalized spacial score (nSPS) is 10.4. The topological polar surface area (TPSA) is 95.1 Å². The van der Waals surface area contributed by atoms with Crippen molar-refractivity contribution >= 4 is 21.8 Å². The Bertz CT molecular complexity index is 629. The van der Waals surface area contributed by atoms with Crippen LogP contribution in [0, 0.1) is 0 Å². The van der Waals surface area contributed by atoms with Gasteiger partial charge in [-0.25, -0.2) is 4.68 Å². The third kappa shape index (κ3) is 4.27. The van der Waals surface area contributed by atoms with E-state index in [0.717, 1.165) is 15.8 Å². The summed E-state index contributed by atoms with van der Waals surface area (Å²) in [6.07, 6.45) is 1.78. The van der Waals surface area contributed by atoms with Crippen molar-refractivity contribution in [3.63, 3.8) is 0 Å². The molecule has 2 aromatic rings. The minimum atomic E-state index is -0.222. The summed E-state index contributed by atoms with van der Waals surface area (Å²) in [6, 6.07) is 5.73. The highest BCUT2D eigenvalue weighted by Gasteiger charge is 2.07. The number of carbonyl (C=O) groups excluding carboxylic acids is 1. The second-order valence-electron chi connectivity index (χ2n) is 4.35. The van der Waals surface area contributed by atoms with Crippen molar-refractivity contribution in [2.24, 2.45) is 5.73 Å². The van der Waals surface area contributed by atoms with Gasteiger partial charge in [0.05, 0.1) is 32.9 Å². The van der Waals surface area contributed by atoms with Crippen LogP contribution in [0.3, 0.4) is 0 Å². The van der Waals surface area contributed by atoms with Gasteiger partial charge in [-0.1, -0.05) is 21.1 Å². The number of nitrogens with zero attached hydrogens (tertiary/aromatic N) is 3. The fraction of sp³-hybridized carbons (Fsp3) is 0.308. The molecule has 0 atom stereocenters. The maximum absolute atomic E-state index is 11.1. The quantitative estimate of drug-likeness (QED) is 0.795. The summed E-state index contributed by atoms with van der Waals surface area (Å²) in [5, 5.41) is 10.7. The van der Waals surface area contributed by atoms with Crippen molar-refractivity contribution in [1.82, 2.24) is 20.3 Å². The lowest BCUT2D eigenvalue weighted by atomic mass is 10.2. The number of rotatable bonds is 6. The molecule has 0 aliphatic rings. The number of methoxy groups -OCH3 is 1. The van der Waals surface area contributed by atoms with E-state index in [1.165, 1.54) is 0 Å². The molecule has 0 saturated carbocycles. The van der Waals surface area contributed by atoms with Crippen LogP contribution in [0.5, 0.6) is 5.75 Å². The number of aromatic nitrogens is 3. The molecule has 1 aromatic heterocycles. The van der Waals surface area contributed by atoms with E-state index >= 15 is 0 Å². The Hall–Kier alpha value is -1.93. The molecule has 112 valence electrons. The zero-order chi connectivity index (χ0) is 15.2. The summed E-state index contributed by atoms with van der Waals surface area (Å²) in [5.41, 5.74) is 6.92. The molecule has 0 radical (unpaired) electrons. The lowest BCUT2D eigenvalue weighted by Crippen LogP contribution is -2.29. The Morgan fingerprint density at radius 3 is 3.05 bits per heavy atom. The zero-order valence-corrected chi connectivity index (χ0v) is 13.1. The van der Waals surface area contributed by atoms with Gasteiger partial charge in [-0.15, -0.1) is 5.10 Å². The van der Waals surface area contributed by atoms with E-state index < -0.39 is 0 Å². The first-order valence-electron chi connectivity index (χ1n) is 6.30. The maximum atomic E-state index is 11.1. The summed E-state index contributed by atoms with van der Waals surface area (Å²) in [5.74, 6) is 0.559. The first-order chi connectivity index (χ1) is 10.1. The molecule has 0 unspecified atom stereocenters. The lowest BCUT2D eigenvalue weighted by molar-refractivity contribution is -0.119. The highest BCUT2D eigenvalue weighted by Crippen LogP contribution is 2.23. The van der Waals surface area contributed by atoms with Crippen LogP contribution < -0.4 is 15.8 Å². The number of ether oxygens (including phenoxy) is 1. The van der Waals surface area contributed by atoms with E-state index in [0.29, 0.717) is 18.8 Å². The molecule has 0 bridgehead atoms. The standard InChI is InChI=1S/C13H16BrN5O2/c1-21-11-2-3-12(14)9(4-11)7-19-8-10(17-18-19)6-16-13(20)5-15/h2-4,8H,5-7,15H2,1H3,(H,16,20). The Balaban J connectivity index is 2.03. The Kier molecular flexibility index (Phi) is 5.29. The average Bonchev–Trinajstić information content (AvgIpc) is 2.94. The fourth-order valence-electron chi connectivity index (χ4n) is 1.73. The van der Waals surface area contributed by atoms with E-state index in [4.69, 9.17) is 10.5 Å². The van der Waals surface area contributed by atoms with Gasteiger partial charge in [-0.05, 0) is 23.8 Å². The van der Waals surface area contributed by atoms with Crippen LogP contribution in [0.1, 0.15) is 11.3 Å². The van der Waals surface area contributed by atoms with E-state index in [-0.39, 0.29) is 12.5 Å². The number of amides is 1. The third-order valence-corrected chi connectivity index (χ3v) is 3.60. The molecule has 0 aliphatic heterocycles. The highest BCUT2D eigenvalue weighted by atomic mass is 79.9. The Labute approximate surface area is 130 Å². The number of hydrogen-bond donors (Lipinski definition) is 2. The Morgan fingerprint density at radius 2 is 2.33 bits per heavy atom. The van der Waals surface area contributed by atoms with Gasteiger partial charge in [0.2, 0.25) is 5.91 Å². The predicted molar refractivity (Wildman–Crippen MR) is 80.7 cm³/mol. The minimum Gasteiger partial charge on any atom is -0.497 e. The molecule has 8 heteroatoms. The minimum absolute atomic E-state index is 0.0368. The largest absolute Gasteiger partial charge is 0.497 e. The lowest BCUT2D eigenvalue weighted by Gasteiger charge is -2.07. The van der Waals surface area contributed by atoms with Gasteiger partial charge in [0, 0.05) is 4.47 Å². The van der Waals surface area contributed by atoms with Crippen LogP contribution in [0.15, 0.2) is 28.9 Å². The summed E-state index contributed by atoms with van der Waals surface area (Å²) in [4.78, 5) is 11.1. The fourth-order valence-corrected chi connectivity index (χ4v) is 2.10. The first-order valence-corrected chi connectivity index (χ1v) is 7.10. The number of carbonyl (C=O) groups is 1. The van der Waals surface area contributed by atoms with Gasteiger partial charge in [0.25, 0.3) is 0 Å². The maximum Gasteiger partial charge on any atom is 0.234 e. The van der Waals surface area contributed by atoms with E-state index in [2.05, 4.69) is 31.6 Å². The molecular formula is C13H16BrN5O2. The average molecular weight is 354 g/mol. The summed E-state index contributed by atoms with van der Waals surface area (Å²) in [6.45, 7) is 0.829.